The van der Waals surface area contributed by atoms with Crippen molar-refractivity contribution in [1.82, 2.24) is 30.3 Å². The molecule has 33 heavy (non-hydrogen) atoms. The van der Waals surface area contributed by atoms with E-state index in [0.29, 0.717) is 17.1 Å². The van der Waals surface area contributed by atoms with Gasteiger partial charge in [-0.25, -0.2) is 14.7 Å². The largest absolute Gasteiger partial charge is 0.392 e. The zero-order valence-corrected chi connectivity index (χ0v) is 17.2. The van der Waals surface area contributed by atoms with Gasteiger partial charge < -0.3 is 21.5 Å². The number of carbonyl (C=O) groups is 1. The second-order valence-electron chi connectivity index (χ2n) is 7.09. The number of terminal acetylenes is 1. The number of hydrogen-bond acceptors (Lipinski definition) is 8. The highest BCUT2D eigenvalue weighted by Crippen LogP contribution is 2.32. The molecule has 1 aromatic carbocycles. The molecule has 1 aliphatic rings. The van der Waals surface area contributed by atoms with E-state index >= 15 is 0 Å². The quantitative estimate of drug-likeness (QED) is 0.227. The minimum atomic E-state index is -2.78. The Kier molecular flexibility index (Phi) is 4.44. The lowest BCUT2D eigenvalue weighted by molar-refractivity contribution is 0.0958. The molecule has 168 valence electrons. The number of amidine groups is 1. The molecule has 0 radical (unpaired) electrons. The van der Waals surface area contributed by atoms with Gasteiger partial charge in [-0.2, -0.15) is 5.10 Å². The SMILES string of the molecule is [2H]C#CC([2H])([2H])n1cnc(-c2cccc(Nc3cc(N=C(N)C4CC4)nnc3C(=O)NC([2H])([2H])[2H])c2CO)n1. The van der Waals surface area contributed by atoms with Gasteiger partial charge in [0.2, 0.25) is 0 Å². The van der Waals surface area contributed by atoms with Crippen LogP contribution in [0.5, 0.6) is 0 Å². The second kappa shape index (κ2) is 9.46. The van der Waals surface area contributed by atoms with E-state index in [9.17, 15) is 9.90 Å². The van der Waals surface area contributed by atoms with Gasteiger partial charge in [0.25, 0.3) is 5.91 Å². The Morgan fingerprint density at radius 1 is 1.48 bits per heavy atom. The lowest BCUT2D eigenvalue weighted by atomic mass is 10.0. The van der Waals surface area contributed by atoms with Crippen molar-refractivity contribution in [2.45, 2.75) is 25.9 Å². The summed E-state index contributed by atoms with van der Waals surface area (Å²) in [5.74, 6) is 1.72. The highest BCUT2D eigenvalue weighted by atomic mass is 16.3. The van der Waals surface area contributed by atoms with Crippen molar-refractivity contribution in [1.29, 1.82) is 0 Å². The number of aliphatic hydroxyl groups is 1. The van der Waals surface area contributed by atoms with E-state index in [-0.39, 0.29) is 34.5 Å². The summed E-state index contributed by atoms with van der Waals surface area (Å²) in [6.45, 7) is -5.57. The first kappa shape index (κ1) is 15.5. The molecule has 3 aromatic rings. The molecule has 5 N–H and O–H groups in total. The Balaban J connectivity index is 1.75. The van der Waals surface area contributed by atoms with Crippen molar-refractivity contribution in [3.8, 4) is 23.7 Å². The average molecular weight is 452 g/mol. The second-order valence-corrected chi connectivity index (χ2v) is 7.09. The number of aromatic nitrogens is 5. The average Bonchev–Trinajstić information content (AvgIpc) is 3.59. The van der Waals surface area contributed by atoms with Gasteiger partial charge in [0.05, 0.1) is 15.0 Å². The molecule has 1 fully saturated rings. The topological polar surface area (TPSA) is 156 Å². The summed E-state index contributed by atoms with van der Waals surface area (Å²) in [5.41, 5.74) is 6.60. The van der Waals surface area contributed by atoms with Gasteiger partial charge in [0.1, 0.15) is 20.0 Å². The molecule has 11 heteroatoms. The number of nitrogens with two attached hydrogens (primary N) is 1. The molecule has 0 unspecified atom stereocenters. The summed E-state index contributed by atoms with van der Waals surface area (Å²) in [7, 11) is 0. The fraction of sp³-hybridized carbons (Fsp3) is 0.273. The predicted molar refractivity (Wildman–Crippen MR) is 123 cm³/mol. The molecule has 1 amide bonds. The summed E-state index contributed by atoms with van der Waals surface area (Å²) in [6, 6.07) is 6.17. The minimum Gasteiger partial charge on any atom is -0.392 e. The van der Waals surface area contributed by atoms with Crippen LogP contribution in [0.25, 0.3) is 11.4 Å². The molecule has 1 saturated carbocycles. The van der Waals surface area contributed by atoms with Crippen molar-refractivity contribution in [3.05, 3.63) is 41.9 Å². The van der Waals surface area contributed by atoms with Crippen LogP contribution < -0.4 is 16.4 Å². The number of nitrogens with zero attached hydrogens (tertiary/aromatic N) is 6. The number of aliphatic hydroxyl groups excluding tert-OH is 1. The zero-order valence-electron chi connectivity index (χ0n) is 23.2. The molecule has 0 atom stereocenters. The number of amides is 1. The number of benzene rings is 1. The number of anilines is 2. The summed E-state index contributed by atoms with van der Waals surface area (Å²) in [5, 5.41) is 27.0. The van der Waals surface area contributed by atoms with Crippen LogP contribution in [0.4, 0.5) is 17.2 Å². The highest BCUT2D eigenvalue weighted by Gasteiger charge is 2.26. The van der Waals surface area contributed by atoms with Crippen LogP contribution in [0.3, 0.4) is 0 Å². The van der Waals surface area contributed by atoms with Gasteiger partial charge in [-0.05, 0) is 18.9 Å². The number of hydrogen-bond donors (Lipinski definition) is 4. The van der Waals surface area contributed by atoms with Gasteiger partial charge in [-0.15, -0.1) is 16.6 Å². The summed E-state index contributed by atoms with van der Waals surface area (Å²) in [6.07, 6.45) is 4.68. The smallest absolute Gasteiger partial charge is 0.273 e. The van der Waals surface area contributed by atoms with Gasteiger partial charge in [-0.3, -0.25) is 4.79 Å². The van der Waals surface area contributed by atoms with E-state index in [1.807, 2.05) is 5.32 Å². The van der Waals surface area contributed by atoms with Gasteiger partial charge in [0, 0.05) is 39.9 Å². The van der Waals surface area contributed by atoms with Crippen LogP contribution >= 0.6 is 0 Å². The first-order chi connectivity index (χ1) is 18.4. The first-order valence-corrected chi connectivity index (χ1v) is 9.82. The third-order valence-electron chi connectivity index (χ3n) is 4.86. The van der Waals surface area contributed by atoms with Crippen LogP contribution in [-0.4, -0.2) is 48.8 Å². The third kappa shape index (κ3) is 4.81. The molecule has 2 aromatic heterocycles. The van der Waals surface area contributed by atoms with Crippen LogP contribution in [0.1, 0.15) is 37.1 Å². The van der Waals surface area contributed by atoms with Crippen molar-refractivity contribution >= 4 is 28.9 Å². The molecular formula is C22H23N9O2. The van der Waals surface area contributed by atoms with Gasteiger partial charge in [-0.1, -0.05) is 18.1 Å². The van der Waals surface area contributed by atoms with Crippen LogP contribution in [0, 0.1) is 18.2 Å². The molecule has 2 heterocycles. The number of rotatable bonds is 8. The fourth-order valence-corrected chi connectivity index (χ4v) is 3.09. The molecule has 0 spiro atoms. The third-order valence-corrected chi connectivity index (χ3v) is 4.86. The zero-order chi connectivity index (χ0) is 28.4. The Morgan fingerprint density at radius 2 is 2.36 bits per heavy atom. The van der Waals surface area contributed by atoms with Crippen molar-refractivity contribution in [2.24, 2.45) is 16.6 Å². The Morgan fingerprint density at radius 3 is 3.12 bits per heavy atom. The molecule has 1 aliphatic carbocycles. The summed E-state index contributed by atoms with van der Waals surface area (Å²) >= 11 is 0. The molecule has 11 nitrogen and oxygen atoms in total. The lowest BCUT2D eigenvalue weighted by Gasteiger charge is -2.15. The first-order valence-electron chi connectivity index (χ1n) is 12.8. The number of carbonyl (C=O) groups excluding carboxylic acids is 1. The highest BCUT2D eigenvalue weighted by molar-refractivity contribution is 5.98. The Labute approximate surface area is 198 Å². The van der Waals surface area contributed by atoms with Gasteiger partial charge in [0.15, 0.2) is 17.3 Å². The maximum absolute atomic E-state index is 12.7. The van der Waals surface area contributed by atoms with E-state index in [1.165, 1.54) is 6.07 Å². The Bertz CT molecular complexity index is 1490. The van der Waals surface area contributed by atoms with Crippen LogP contribution in [0.15, 0.2) is 35.6 Å². The van der Waals surface area contributed by atoms with Crippen molar-refractivity contribution < 1.29 is 18.1 Å². The lowest BCUT2D eigenvalue weighted by Crippen LogP contribution is -2.21. The molecule has 0 saturated heterocycles. The summed E-state index contributed by atoms with van der Waals surface area (Å²) < 4.78 is 45.7. The van der Waals surface area contributed by atoms with E-state index < -0.39 is 26.0 Å². The van der Waals surface area contributed by atoms with Crippen LogP contribution in [0.2, 0.25) is 0 Å². The predicted octanol–water partition coefficient (Wildman–Crippen LogP) is 1.36. The van der Waals surface area contributed by atoms with Crippen LogP contribution in [-0.2, 0) is 13.1 Å². The normalized spacial score (nSPS) is 16.7. The molecule has 0 aliphatic heterocycles. The van der Waals surface area contributed by atoms with Crippen molar-refractivity contribution in [3.63, 3.8) is 0 Å². The molecular weight excluding hydrogens is 422 g/mol. The monoisotopic (exact) mass is 451 g/mol. The van der Waals surface area contributed by atoms with Gasteiger partial charge >= 0.3 is 0 Å². The molecule has 4 rings (SSSR count). The number of nitrogens with one attached hydrogen (secondary N) is 2. The minimum absolute atomic E-state index is 0.0430. The van der Waals surface area contributed by atoms with E-state index in [1.54, 1.807) is 24.6 Å². The maximum Gasteiger partial charge on any atom is 0.273 e. The van der Waals surface area contributed by atoms with E-state index in [2.05, 4.69) is 36.5 Å². The standard InChI is InChI=1S/C22H23N9O2/c1-3-9-31-12-25-21(30-31)14-5-4-6-16(15(14)11-32)26-17-10-18(27-20(23)13-7-8-13)28-29-19(17)22(33)24-2/h1,4-6,10,12-13,32H,7-9,11H2,2H3,(H,24,33)(H3,23,26,27,28)/i1D,2D3,9D2. The number of aliphatic imine (C=N–C) groups is 1. The molecule has 0 bridgehead atoms. The van der Waals surface area contributed by atoms with E-state index in [0.717, 1.165) is 23.9 Å². The van der Waals surface area contributed by atoms with E-state index in [4.69, 9.17) is 14.0 Å². The fourth-order valence-electron chi connectivity index (χ4n) is 3.09. The summed E-state index contributed by atoms with van der Waals surface area (Å²) in [4.78, 5) is 21.1. The van der Waals surface area contributed by atoms with Crippen molar-refractivity contribution in [2.75, 3.05) is 12.3 Å². The Hall–Kier alpha value is -4.30. The maximum atomic E-state index is 12.7.